The minimum absolute atomic E-state index is 0.333. The molecule has 0 spiro atoms. The number of halogens is 1. The van der Waals surface area contributed by atoms with Crippen LogP contribution in [0.5, 0.6) is 0 Å². The Hall–Kier alpha value is -0.580. The summed E-state index contributed by atoms with van der Waals surface area (Å²) in [5.41, 5.74) is 1.13. The first-order valence-electron chi connectivity index (χ1n) is 6.95. The lowest BCUT2D eigenvalue weighted by Crippen LogP contribution is -2.37. The highest BCUT2D eigenvalue weighted by Gasteiger charge is 2.22. The maximum atomic E-state index is 6.31. The summed E-state index contributed by atoms with van der Waals surface area (Å²) in [5, 5.41) is 8.71. The van der Waals surface area contributed by atoms with Crippen molar-refractivity contribution in [1.29, 1.82) is 0 Å². The highest BCUT2D eigenvalue weighted by Crippen LogP contribution is 2.27. The first-order valence-corrected chi connectivity index (χ1v) is 7.32. The highest BCUT2D eigenvalue weighted by atomic mass is 35.5. The average Bonchev–Trinajstić information content (AvgIpc) is 2.66. The predicted molar refractivity (Wildman–Crippen MR) is 81.9 cm³/mol. The molecule has 0 aromatic carbocycles. The van der Waals surface area contributed by atoms with Crippen LogP contribution in [-0.4, -0.2) is 47.4 Å². The summed E-state index contributed by atoms with van der Waals surface area (Å²) < 4.78 is 2.03. The lowest BCUT2D eigenvalue weighted by Gasteiger charge is -2.25. The fourth-order valence-corrected chi connectivity index (χ4v) is 2.52. The van der Waals surface area contributed by atoms with E-state index in [2.05, 4.69) is 57.1 Å². The van der Waals surface area contributed by atoms with E-state index in [0.29, 0.717) is 18.0 Å². The monoisotopic (exact) mass is 286 g/mol. The van der Waals surface area contributed by atoms with Crippen LogP contribution in [0.3, 0.4) is 0 Å². The molecule has 1 N–H and O–H groups in total. The molecule has 4 nitrogen and oxygen atoms in total. The van der Waals surface area contributed by atoms with Gasteiger partial charge in [0, 0.05) is 24.5 Å². The highest BCUT2D eigenvalue weighted by molar-refractivity contribution is 6.31. The van der Waals surface area contributed by atoms with E-state index >= 15 is 0 Å². The topological polar surface area (TPSA) is 33.1 Å². The molecular weight excluding hydrogens is 260 g/mol. The van der Waals surface area contributed by atoms with Crippen molar-refractivity contribution in [2.75, 3.05) is 20.6 Å². The number of nitrogens with one attached hydrogen (secondary N) is 1. The maximum Gasteiger partial charge on any atom is 0.0821 e. The molecular formula is C14H27ClN4. The molecule has 0 aliphatic rings. The molecule has 0 saturated carbocycles. The Morgan fingerprint density at radius 3 is 2.47 bits per heavy atom. The van der Waals surface area contributed by atoms with Gasteiger partial charge in [-0.25, -0.2) is 0 Å². The molecule has 1 heterocycles. The second-order valence-corrected chi connectivity index (χ2v) is 6.21. The summed E-state index contributed by atoms with van der Waals surface area (Å²) in [5.74, 6) is 0.333. The van der Waals surface area contributed by atoms with Gasteiger partial charge in [-0.15, -0.1) is 0 Å². The molecule has 1 aromatic heterocycles. The fraction of sp³-hybridized carbons (Fsp3) is 0.786. The van der Waals surface area contributed by atoms with Gasteiger partial charge in [-0.1, -0.05) is 32.4 Å². The third-order valence-electron chi connectivity index (χ3n) is 3.37. The summed E-state index contributed by atoms with van der Waals surface area (Å²) in [6.45, 7) is 10.6. The molecule has 0 fully saturated rings. The largest absolute Gasteiger partial charge is 0.311 e. The zero-order valence-electron chi connectivity index (χ0n) is 12.9. The molecule has 110 valence electrons. The lowest BCUT2D eigenvalue weighted by atomic mass is 9.99. The second kappa shape index (κ2) is 7.27. The number of hydrogen-bond donors (Lipinski definition) is 1. The summed E-state index contributed by atoms with van der Waals surface area (Å²) >= 11 is 6.31. The van der Waals surface area contributed by atoms with E-state index in [-0.39, 0.29) is 0 Å². The van der Waals surface area contributed by atoms with Gasteiger partial charge in [0.1, 0.15) is 0 Å². The van der Waals surface area contributed by atoms with Crippen LogP contribution in [0.1, 0.15) is 39.3 Å². The van der Waals surface area contributed by atoms with Crippen molar-refractivity contribution in [3.05, 3.63) is 16.9 Å². The van der Waals surface area contributed by atoms with Crippen molar-refractivity contribution >= 4 is 11.6 Å². The van der Waals surface area contributed by atoms with Crippen LogP contribution in [0.4, 0.5) is 0 Å². The normalized spacial score (nSPS) is 15.2. The smallest absolute Gasteiger partial charge is 0.0821 e. The quantitative estimate of drug-likeness (QED) is 0.836. The molecule has 2 unspecified atom stereocenters. The van der Waals surface area contributed by atoms with Crippen LogP contribution in [-0.2, 0) is 6.54 Å². The molecule has 0 bridgehead atoms. The number of rotatable bonds is 7. The van der Waals surface area contributed by atoms with Gasteiger partial charge in [0.25, 0.3) is 0 Å². The minimum Gasteiger partial charge on any atom is -0.311 e. The van der Waals surface area contributed by atoms with Gasteiger partial charge in [-0.05, 0) is 21.0 Å². The molecule has 2 atom stereocenters. The average molecular weight is 287 g/mol. The second-order valence-electron chi connectivity index (χ2n) is 5.80. The van der Waals surface area contributed by atoms with Crippen LogP contribution < -0.4 is 5.32 Å². The number of hydrogen-bond acceptors (Lipinski definition) is 3. The van der Waals surface area contributed by atoms with Crippen LogP contribution in [0.25, 0.3) is 0 Å². The van der Waals surface area contributed by atoms with E-state index in [4.69, 9.17) is 11.6 Å². The SMILES string of the molecule is CC(C)NC(C)C(C)c1c(Cl)cnn1CCN(C)C. The van der Waals surface area contributed by atoms with E-state index < -0.39 is 0 Å². The summed E-state index contributed by atoms with van der Waals surface area (Å²) in [6, 6.07) is 0.835. The van der Waals surface area contributed by atoms with Crippen LogP contribution in [0.15, 0.2) is 6.20 Å². The maximum absolute atomic E-state index is 6.31. The first-order chi connectivity index (χ1) is 8.82. The van der Waals surface area contributed by atoms with Crippen LogP contribution >= 0.6 is 11.6 Å². The molecule has 0 aliphatic heterocycles. The molecule has 5 heteroatoms. The third kappa shape index (κ3) is 4.79. The molecule has 0 amide bonds. The predicted octanol–water partition coefficient (Wildman–Crippen LogP) is 2.59. The standard InChI is InChI=1S/C14H27ClN4/c1-10(2)17-12(4)11(3)14-13(15)9-16-19(14)8-7-18(5)6/h9-12,17H,7-8H2,1-6H3. The van der Waals surface area contributed by atoms with Gasteiger partial charge in [0.05, 0.1) is 23.5 Å². The third-order valence-corrected chi connectivity index (χ3v) is 3.66. The molecule has 1 rings (SSSR count). The molecule has 1 aromatic rings. The van der Waals surface area contributed by atoms with Gasteiger partial charge in [-0.3, -0.25) is 4.68 Å². The number of aromatic nitrogens is 2. The fourth-order valence-electron chi connectivity index (χ4n) is 2.20. The Kier molecular flexibility index (Phi) is 6.30. The van der Waals surface area contributed by atoms with Crippen LogP contribution in [0, 0.1) is 0 Å². The summed E-state index contributed by atoms with van der Waals surface area (Å²) in [7, 11) is 4.13. The Bertz CT molecular complexity index is 387. The van der Waals surface area contributed by atoms with E-state index in [1.807, 2.05) is 4.68 Å². The van der Waals surface area contributed by atoms with E-state index in [0.717, 1.165) is 23.8 Å². The summed E-state index contributed by atoms with van der Waals surface area (Å²) in [4.78, 5) is 2.15. The zero-order valence-corrected chi connectivity index (χ0v) is 13.7. The van der Waals surface area contributed by atoms with Crippen molar-refractivity contribution in [2.24, 2.45) is 0 Å². The van der Waals surface area contributed by atoms with Crippen molar-refractivity contribution in [2.45, 2.75) is 52.2 Å². The van der Waals surface area contributed by atoms with E-state index in [1.54, 1.807) is 6.20 Å². The molecule has 0 saturated heterocycles. The molecule has 19 heavy (non-hydrogen) atoms. The van der Waals surface area contributed by atoms with Gasteiger partial charge >= 0.3 is 0 Å². The van der Waals surface area contributed by atoms with Gasteiger partial charge in [-0.2, -0.15) is 5.10 Å². The number of likely N-dealkylation sites (N-methyl/N-ethyl adjacent to an activating group) is 1. The van der Waals surface area contributed by atoms with Gasteiger partial charge in [0.2, 0.25) is 0 Å². The Morgan fingerprint density at radius 1 is 1.32 bits per heavy atom. The van der Waals surface area contributed by atoms with E-state index in [9.17, 15) is 0 Å². The number of nitrogens with zero attached hydrogens (tertiary/aromatic N) is 3. The Morgan fingerprint density at radius 2 is 1.95 bits per heavy atom. The minimum atomic E-state index is 0.333. The Balaban J connectivity index is 2.82. The lowest BCUT2D eigenvalue weighted by molar-refractivity contribution is 0.359. The van der Waals surface area contributed by atoms with Gasteiger partial charge in [0.15, 0.2) is 0 Å². The van der Waals surface area contributed by atoms with E-state index in [1.165, 1.54) is 0 Å². The summed E-state index contributed by atoms with van der Waals surface area (Å²) in [6.07, 6.45) is 1.76. The molecule has 0 aliphatic carbocycles. The van der Waals surface area contributed by atoms with Crippen molar-refractivity contribution < 1.29 is 0 Å². The molecule has 0 radical (unpaired) electrons. The van der Waals surface area contributed by atoms with Gasteiger partial charge < -0.3 is 10.2 Å². The van der Waals surface area contributed by atoms with Crippen molar-refractivity contribution in [3.63, 3.8) is 0 Å². The van der Waals surface area contributed by atoms with Crippen molar-refractivity contribution in [3.8, 4) is 0 Å². The Labute approximate surface area is 122 Å². The van der Waals surface area contributed by atoms with Crippen molar-refractivity contribution in [1.82, 2.24) is 20.0 Å². The van der Waals surface area contributed by atoms with Crippen LogP contribution in [0.2, 0.25) is 5.02 Å². The zero-order chi connectivity index (χ0) is 14.6. The first kappa shape index (κ1) is 16.5.